The van der Waals surface area contributed by atoms with Crippen LogP contribution >= 0.6 is 0 Å². The van der Waals surface area contributed by atoms with Gasteiger partial charge in [0.25, 0.3) is 0 Å². The molecule has 12 heavy (non-hydrogen) atoms. The second-order valence-corrected chi connectivity index (χ2v) is 1.44. The Morgan fingerprint density at radius 1 is 1.42 bits per heavy atom. The van der Waals surface area contributed by atoms with E-state index in [0.29, 0.717) is 0 Å². The van der Waals surface area contributed by atoms with Gasteiger partial charge in [-0.25, -0.2) is 14.5 Å². The third kappa shape index (κ3) is 5.24. The van der Waals surface area contributed by atoms with Crippen LogP contribution in [0.4, 0.5) is 4.79 Å². The van der Waals surface area contributed by atoms with E-state index < -0.39 is 12.1 Å². The highest BCUT2D eigenvalue weighted by Gasteiger charge is 2.05. The first-order chi connectivity index (χ1) is 5.70. The summed E-state index contributed by atoms with van der Waals surface area (Å²) in [6.45, 7) is 4.79. The van der Waals surface area contributed by atoms with E-state index in [1.165, 1.54) is 0 Å². The van der Waals surface area contributed by atoms with E-state index >= 15 is 0 Å². The van der Waals surface area contributed by atoms with Gasteiger partial charge in [-0.3, -0.25) is 4.89 Å². The molecule has 0 aromatic carbocycles. The highest BCUT2D eigenvalue weighted by Crippen LogP contribution is 1.88. The van der Waals surface area contributed by atoms with Gasteiger partial charge in [0, 0.05) is 6.08 Å². The molecular weight excluding hydrogens is 168 g/mol. The minimum Gasteiger partial charge on any atom is -0.433 e. The molecule has 0 saturated carbocycles. The number of rotatable bonds is 4. The largest absolute Gasteiger partial charge is 0.543 e. The van der Waals surface area contributed by atoms with E-state index in [-0.39, 0.29) is 6.61 Å². The van der Waals surface area contributed by atoms with Gasteiger partial charge >= 0.3 is 12.1 Å². The predicted octanol–water partition coefficient (Wildman–Crippen LogP) is 0.735. The van der Waals surface area contributed by atoms with Crippen molar-refractivity contribution in [2.45, 2.75) is 6.92 Å². The number of carbonyl (C=O) groups excluding carboxylic acids is 2. The highest BCUT2D eigenvalue weighted by molar-refractivity contribution is 5.80. The molecule has 0 aromatic heterocycles. The number of hydrogen-bond acceptors (Lipinski definition) is 6. The van der Waals surface area contributed by atoms with Crippen molar-refractivity contribution in [3.8, 4) is 0 Å². The maximum atomic E-state index is 10.3. The summed E-state index contributed by atoms with van der Waals surface area (Å²) in [4.78, 5) is 28.2. The van der Waals surface area contributed by atoms with Crippen molar-refractivity contribution in [3.63, 3.8) is 0 Å². The molecule has 0 amide bonds. The third-order valence-electron chi connectivity index (χ3n) is 0.647. The molecule has 0 saturated heterocycles. The minimum atomic E-state index is -1.09. The Hall–Kier alpha value is -1.56. The van der Waals surface area contributed by atoms with E-state index in [9.17, 15) is 9.59 Å². The first-order valence-corrected chi connectivity index (χ1v) is 3.05. The monoisotopic (exact) mass is 176 g/mol. The van der Waals surface area contributed by atoms with Crippen LogP contribution in [0.5, 0.6) is 0 Å². The molecule has 6 nitrogen and oxygen atoms in total. The van der Waals surface area contributed by atoms with Gasteiger partial charge in [-0.05, 0) is 6.92 Å². The van der Waals surface area contributed by atoms with Crippen LogP contribution in [-0.2, 0) is 24.3 Å². The molecule has 0 fully saturated rings. The summed E-state index contributed by atoms with van der Waals surface area (Å²) in [5.41, 5.74) is 0. The molecule has 0 radical (unpaired) electrons. The smallest absolute Gasteiger partial charge is 0.433 e. The van der Waals surface area contributed by atoms with Gasteiger partial charge in [0.2, 0.25) is 0 Å². The molecular formula is C6H8O6. The molecule has 0 aromatic rings. The molecule has 0 bridgehead atoms. The Labute approximate surface area is 68.5 Å². The van der Waals surface area contributed by atoms with E-state index in [1.807, 2.05) is 0 Å². The lowest BCUT2D eigenvalue weighted by Crippen LogP contribution is -2.10. The summed E-state index contributed by atoms with van der Waals surface area (Å²) in [5.74, 6) is -0.876. The fraction of sp³-hybridized carbons (Fsp3) is 0.333. The Balaban J connectivity index is 3.36. The Morgan fingerprint density at radius 2 is 2.08 bits per heavy atom. The molecule has 0 spiro atoms. The van der Waals surface area contributed by atoms with Crippen LogP contribution in [0.25, 0.3) is 0 Å². The lowest BCUT2D eigenvalue weighted by atomic mass is 10.7. The number of hydrogen-bond donors (Lipinski definition) is 0. The molecule has 0 aliphatic carbocycles. The summed E-state index contributed by atoms with van der Waals surface area (Å²) < 4.78 is 4.25. The van der Waals surface area contributed by atoms with Crippen molar-refractivity contribution in [2.24, 2.45) is 0 Å². The fourth-order valence-electron chi connectivity index (χ4n) is 0.254. The van der Waals surface area contributed by atoms with Gasteiger partial charge in [-0.15, -0.1) is 0 Å². The van der Waals surface area contributed by atoms with Gasteiger partial charge in [-0.1, -0.05) is 6.58 Å². The number of carbonyl (C=O) groups is 2. The molecule has 0 rings (SSSR count). The SMILES string of the molecule is C=CC(=O)OOOC(=O)OCC. The zero-order valence-corrected chi connectivity index (χ0v) is 6.44. The molecule has 0 unspecified atom stereocenters. The molecule has 0 N–H and O–H groups in total. The Kier molecular flexibility index (Phi) is 5.37. The second-order valence-electron chi connectivity index (χ2n) is 1.44. The molecule has 0 heterocycles. The summed E-state index contributed by atoms with van der Waals surface area (Å²) in [6, 6.07) is 0. The van der Waals surface area contributed by atoms with Gasteiger partial charge in [-0.2, -0.15) is 0 Å². The van der Waals surface area contributed by atoms with Crippen LogP contribution < -0.4 is 0 Å². The quantitative estimate of drug-likeness (QED) is 0.272. The molecule has 0 aliphatic heterocycles. The van der Waals surface area contributed by atoms with E-state index in [4.69, 9.17) is 0 Å². The summed E-state index contributed by atoms with van der Waals surface area (Å²) >= 11 is 0. The minimum absolute atomic E-state index is 0.137. The predicted molar refractivity (Wildman–Crippen MR) is 35.5 cm³/mol. The first-order valence-electron chi connectivity index (χ1n) is 3.05. The number of ether oxygens (including phenoxy) is 1. The highest BCUT2D eigenvalue weighted by atomic mass is 17.5. The third-order valence-corrected chi connectivity index (χ3v) is 0.647. The van der Waals surface area contributed by atoms with Crippen LogP contribution in [-0.4, -0.2) is 18.7 Å². The van der Waals surface area contributed by atoms with Gasteiger partial charge < -0.3 is 4.74 Å². The average Bonchev–Trinajstić information content (AvgIpc) is 2.04. The van der Waals surface area contributed by atoms with Gasteiger partial charge in [0.15, 0.2) is 0 Å². The van der Waals surface area contributed by atoms with Gasteiger partial charge in [0.1, 0.15) is 0 Å². The average molecular weight is 176 g/mol. The molecule has 6 heteroatoms. The van der Waals surface area contributed by atoms with Crippen LogP contribution in [0.3, 0.4) is 0 Å². The van der Waals surface area contributed by atoms with Crippen molar-refractivity contribution in [1.82, 2.24) is 0 Å². The van der Waals surface area contributed by atoms with E-state index in [0.717, 1.165) is 6.08 Å². The lowest BCUT2D eigenvalue weighted by molar-refractivity contribution is -0.456. The fourth-order valence-corrected chi connectivity index (χ4v) is 0.254. The van der Waals surface area contributed by atoms with Crippen LogP contribution in [0.2, 0.25) is 0 Å². The van der Waals surface area contributed by atoms with E-state index in [1.54, 1.807) is 6.92 Å². The second kappa shape index (κ2) is 6.17. The van der Waals surface area contributed by atoms with Crippen molar-refractivity contribution >= 4 is 12.1 Å². The summed E-state index contributed by atoms with van der Waals surface area (Å²) in [5, 5.41) is 3.71. The molecule has 0 atom stereocenters. The first kappa shape index (κ1) is 10.4. The van der Waals surface area contributed by atoms with Crippen LogP contribution in [0.1, 0.15) is 6.92 Å². The van der Waals surface area contributed by atoms with E-state index in [2.05, 4.69) is 26.1 Å². The van der Waals surface area contributed by atoms with Crippen molar-refractivity contribution in [2.75, 3.05) is 6.61 Å². The normalized spacial score (nSPS) is 8.42. The van der Waals surface area contributed by atoms with Gasteiger partial charge in [0.05, 0.1) is 11.6 Å². The molecule has 68 valence electrons. The van der Waals surface area contributed by atoms with Crippen molar-refractivity contribution < 1.29 is 29.1 Å². The van der Waals surface area contributed by atoms with Crippen molar-refractivity contribution in [3.05, 3.63) is 12.7 Å². The topological polar surface area (TPSA) is 71.1 Å². The Morgan fingerprint density at radius 3 is 2.58 bits per heavy atom. The van der Waals surface area contributed by atoms with Crippen LogP contribution in [0, 0.1) is 0 Å². The van der Waals surface area contributed by atoms with Crippen molar-refractivity contribution in [1.29, 1.82) is 0 Å². The standard InChI is InChI=1S/C6H8O6/c1-3-5(7)10-12-11-6(8)9-4-2/h3H,1,4H2,2H3. The zero-order valence-electron chi connectivity index (χ0n) is 6.44. The summed E-state index contributed by atoms with van der Waals surface area (Å²) in [7, 11) is 0. The lowest BCUT2D eigenvalue weighted by Gasteiger charge is -1.99. The zero-order chi connectivity index (χ0) is 9.40. The maximum absolute atomic E-state index is 10.3. The maximum Gasteiger partial charge on any atom is 0.543 e. The molecule has 0 aliphatic rings. The Bertz CT molecular complexity index is 175. The summed E-state index contributed by atoms with van der Waals surface area (Å²) in [6.07, 6.45) is -0.247. The van der Waals surface area contributed by atoms with Crippen LogP contribution in [0.15, 0.2) is 12.7 Å².